The van der Waals surface area contributed by atoms with Crippen molar-refractivity contribution in [3.05, 3.63) is 0 Å². The van der Waals surface area contributed by atoms with Crippen LogP contribution in [-0.4, -0.2) is 66.2 Å². The van der Waals surface area contributed by atoms with Gasteiger partial charge in [-0.1, -0.05) is 20.8 Å². The minimum absolute atomic E-state index is 0.0232. The lowest BCUT2D eigenvalue weighted by atomic mass is 9.87. The van der Waals surface area contributed by atoms with Crippen LogP contribution in [0.5, 0.6) is 0 Å². The Bertz CT molecular complexity index is 377. The summed E-state index contributed by atoms with van der Waals surface area (Å²) in [5.41, 5.74) is -0.0232. The van der Waals surface area contributed by atoms with Crippen molar-refractivity contribution in [1.82, 2.24) is 15.1 Å². The molecule has 21 heavy (non-hydrogen) atoms. The summed E-state index contributed by atoms with van der Waals surface area (Å²) in [6, 6.07) is -0.0838. The molecule has 1 aliphatic heterocycles. The number of hydrogen-bond acceptors (Lipinski definition) is 3. The first-order chi connectivity index (χ1) is 9.58. The Labute approximate surface area is 127 Å². The van der Waals surface area contributed by atoms with Gasteiger partial charge in [0.05, 0.1) is 6.42 Å². The SMILES string of the molecule is CN(C)C1CCN(C(=O)NC(CC(=O)O)CC(C)(C)C)C1. The minimum atomic E-state index is -0.878. The smallest absolute Gasteiger partial charge is 0.317 e. The Morgan fingerprint density at radius 3 is 2.43 bits per heavy atom. The van der Waals surface area contributed by atoms with Crippen molar-refractivity contribution in [2.45, 2.75) is 52.1 Å². The zero-order chi connectivity index (χ0) is 16.2. The number of carbonyl (C=O) groups is 2. The van der Waals surface area contributed by atoms with E-state index >= 15 is 0 Å². The number of likely N-dealkylation sites (tertiary alicyclic amines) is 1. The summed E-state index contributed by atoms with van der Waals surface area (Å²) in [4.78, 5) is 27.2. The van der Waals surface area contributed by atoms with Gasteiger partial charge in [-0.05, 0) is 32.4 Å². The fraction of sp³-hybridized carbons (Fsp3) is 0.867. The molecule has 0 aromatic heterocycles. The van der Waals surface area contributed by atoms with Crippen LogP contribution >= 0.6 is 0 Å². The van der Waals surface area contributed by atoms with Crippen molar-refractivity contribution < 1.29 is 14.7 Å². The number of urea groups is 1. The number of nitrogens with zero attached hydrogens (tertiary/aromatic N) is 2. The normalized spacial score (nSPS) is 20.7. The monoisotopic (exact) mass is 299 g/mol. The molecular weight excluding hydrogens is 270 g/mol. The molecule has 6 heteroatoms. The highest BCUT2D eigenvalue weighted by molar-refractivity contribution is 5.76. The summed E-state index contributed by atoms with van der Waals surface area (Å²) >= 11 is 0. The number of carboxylic acids is 1. The molecule has 1 fully saturated rings. The lowest BCUT2D eigenvalue weighted by molar-refractivity contribution is -0.137. The third kappa shape index (κ3) is 6.33. The van der Waals surface area contributed by atoms with Gasteiger partial charge >= 0.3 is 12.0 Å². The highest BCUT2D eigenvalue weighted by Crippen LogP contribution is 2.22. The van der Waals surface area contributed by atoms with Crippen LogP contribution in [0.1, 0.15) is 40.0 Å². The van der Waals surface area contributed by atoms with E-state index in [9.17, 15) is 9.59 Å². The second kappa shape index (κ2) is 7.11. The van der Waals surface area contributed by atoms with Crippen LogP contribution in [0.15, 0.2) is 0 Å². The maximum absolute atomic E-state index is 12.3. The van der Waals surface area contributed by atoms with Gasteiger partial charge in [0.2, 0.25) is 0 Å². The average Bonchev–Trinajstić information content (AvgIpc) is 2.74. The van der Waals surface area contributed by atoms with Crippen LogP contribution < -0.4 is 5.32 Å². The van der Waals surface area contributed by atoms with E-state index in [1.807, 2.05) is 34.9 Å². The van der Waals surface area contributed by atoms with Gasteiger partial charge in [0.1, 0.15) is 0 Å². The number of aliphatic carboxylic acids is 1. The van der Waals surface area contributed by atoms with E-state index in [0.29, 0.717) is 19.0 Å². The molecule has 2 unspecified atom stereocenters. The summed E-state index contributed by atoms with van der Waals surface area (Å²) in [6.45, 7) is 7.57. The second-order valence-corrected chi connectivity index (χ2v) is 7.36. The van der Waals surface area contributed by atoms with E-state index in [-0.39, 0.29) is 23.9 Å². The Balaban J connectivity index is 2.58. The quantitative estimate of drug-likeness (QED) is 0.809. The fourth-order valence-electron chi connectivity index (χ4n) is 2.74. The van der Waals surface area contributed by atoms with E-state index < -0.39 is 5.97 Å². The zero-order valence-electron chi connectivity index (χ0n) is 13.8. The van der Waals surface area contributed by atoms with Gasteiger partial charge in [-0.25, -0.2) is 4.79 Å². The van der Waals surface area contributed by atoms with Gasteiger partial charge in [0.15, 0.2) is 0 Å². The van der Waals surface area contributed by atoms with Crippen LogP contribution in [-0.2, 0) is 4.79 Å². The number of carbonyl (C=O) groups excluding carboxylic acids is 1. The summed E-state index contributed by atoms with van der Waals surface area (Å²) in [5, 5.41) is 11.9. The third-order valence-electron chi connectivity index (χ3n) is 3.79. The molecule has 0 saturated carbocycles. The number of nitrogens with one attached hydrogen (secondary N) is 1. The highest BCUT2D eigenvalue weighted by Gasteiger charge is 2.30. The molecule has 1 saturated heterocycles. The number of rotatable bonds is 5. The fourth-order valence-corrected chi connectivity index (χ4v) is 2.74. The third-order valence-corrected chi connectivity index (χ3v) is 3.79. The van der Waals surface area contributed by atoms with E-state index in [1.54, 1.807) is 4.90 Å². The maximum atomic E-state index is 12.3. The van der Waals surface area contributed by atoms with Gasteiger partial charge in [-0.15, -0.1) is 0 Å². The molecule has 2 amide bonds. The number of hydrogen-bond donors (Lipinski definition) is 2. The molecule has 2 atom stereocenters. The first kappa shape index (κ1) is 17.8. The highest BCUT2D eigenvalue weighted by atomic mass is 16.4. The molecule has 1 aliphatic rings. The summed E-state index contributed by atoms with van der Waals surface area (Å²) in [6.07, 6.45) is 1.58. The van der Waals surface area contributed by atoms with Crippen LogP contribution in [0.3, 0.4) is 0 Å². The van der Waals surface area contributed by atoms with Gasteiger partial charge in [0.25, 0.3) is 0 Å². The predicted octanol–water partition coefficient (Wildman–Crippen LogP) is 1.61. The van der Waals surface area contributed by atoms with E-state index in [1.165, 1.54) is 0 Å². The van der Waals surface area contributed by atoms with Crippen molar-refractivity contribution in [2.24, 2.45) is 5.41 Å². The van der Waals surface area contributed by atoms with Crippen molar-refractivity contribution in [1.29, 1.82) is 0 Å². The average molecular weight is 299 g/mol. The second-order valence-electron chi connectivity index (χ2n) is 7.36. The molecular formula is C15H29N3O3. The van der Waals surface area contributed by atoms with Crippen molar-refractivity contribution in [3.63, 3.8) is 0 Å². The van der Waals surface area contributed by atoms with Crippen LogP contribution in [0.25, 0.3) is 0 Å². The van der Waals surface area contributed by atoms with Crippen molar-refractivity contribution >= 4 is 12.0 Å². The molecule has 0 aromatic rings. The summed E-state index contributed by atoms with van der Waals surface area (Å²) < 4.78 is 0. The molecule has 0 radical (unpaired) electrons. The van der Waals surface area contributed by atoms with Gasteiger partial charge in [-0.2, -0.15) is 0 Å². The Morgan fingerprint density at radius 1 is 1.38 bits per heavy atom. The zero-order valence-corrected chi connectivity index (χ0v) is 13.8. The van der Waals surface area contributed by atoms with E-state index in [0.717, 1.165) is 13.0 Å². The van der Waals surface area contributed by atoms with E-state index in [4.69, 9.17) is 5.11 Å². The van der Waals surface area contributed by atoms with Crippen LogP contribution in [0.4, 0.5) is 4.79 Å². The maximum Gasteiger partial charge on any atom is 0.317 e. The predicted molar refractivity (Wildman–Crippen MR) is 82.3 cm³/mol. The Hall–Kier alpha value is -1.30. The first-order valence-electron chi connectivity index (χ1n) is 7.52. The lowest BCUT2D eigenvalue weighted by Gasteiger charge is -2.28. The molecule has 1 rings (SSSR count). The topological polar surface area (TPSA) is 72.9 Å². The van der Waals surface area contributed by atoms with Crippen LogP contribution in [0, 0.1) is 5.41 Å². The number of amides is 2. The molecule has 6 nitrogen and oxygen atoms in total. The number of carboxylic acid groups (broad SMARTS) is 1. The van der Waals surface area contributed by atoms with Gasteiger partial charge in [-0.3, -0.25) is 4.79 Å². The Kier molecular flexibility index (Phi) is 6.01. The standard InChI is InChI=1S/C15H29N3O3/c1-15(2,3)9-11(8-13(19)20)16-14(21)18-7-6-12(10-18)17(4)5/h11-12H,6-10H2,1-5H3,(H,16,21)(H,19,20). The molecule has 0 aliphatic carbocycles. The first-order valence-corrected chi connectivity index (χ1v) is 7.52. The van der Waals surface area contributed by atoms with Crippen LogP contribution in [0.2, 0.25) is 0 Å². The Morgan fingerprint density at radius 2 is 2.00 bits per heavy atom. The van der Waals surface area contributed by atoms with Crippen molar-refractivity contribution in [3.8, 4) is 0 Å². The molecule has 122 valence electrons. The molecule has 2 N–H and O–H groups in total. The summed E-state index contributed by atoms with van der Waals surface area (Å²) in [5.74, 6) is -0.878. The summed E-state index contributed by atoms with van der Waals surface area (Å²) in [7, 11) is 4.03. The molecule has 0 aromatic carbocycles. The molecule has 0 spiro atoms. The number of likely N-dealkylation sites (N-methyl/N-ethyl adjacent to an activating group) is 1. The lowest BCUT2D eigenvalue weighted by Crippen LogP contribution is -2.46. The van der Waals surface area contributed by atoms with E-state index in [2.05, 4.69) is 10.2 Å². The van der Waals surface area contributed by atoms with Gasteiger partial charge < -0.3 is 20.2 Å². The van der Waals surface area contributed by atoms with Crippen molar-refractivity contribution in [2.75, 3.05) is 27.2 Å². The minimum Gasteiger partial charge on any atom is -0.481 e. The van der Waals surface area contributed by atoms with Gasteiger partial charge in [0, 0.05) is 25.2 Å². The largest absolute Gasteiger partial charge is 0.481 e. The molecule has 1 heterocycles. The molecule has 0 bridgehead atoms.